The van der Waals surface area contributed by atoms with Crippen LogP contribution >= 0.6 is 11.6 Å². The Morgan fingerprint density at radius 3 is 2.17 bits per heavy atom. The number of halogens is 11. The van der Waals surface area contributed by atoms with Crippen molar-refractivity contribution in [3.8, 4) is 23.0 Å². The summed E-state index contributed by atoms with van der Waals surface area (Å²) in [6.45, 7) is 0.665. The number of sulfonamides is 1. The molecule has 2 aliphatic carbocycles. The second-order valence-electron chi connectivity index (χ2n) is 16.6. The first-order valence-electron chi connectivity index (χ1n) is 19.0. The van der Waals surface area contributed by atoms with E-state index in [0.717, 1.165) is 24.5 Å². The van der Waals surface area contributed by atoms with Crippen molar-refractivity contribution in [1.82, 2.24) is 29.9 Å². The third-order valence-electron chi connectivity index (χ3n) is 11.2. The van der Waals surface area contributed by atoms with E-state index in [9.17, 15) is 56.8 Å². The highest BCUT2D eigenvalue weighted by atomic mass is 35.5. The minimum Gasteiger partial charge on any atom is -0.346 e. The molecular formula is C40H34ClF10N7O5S2. The van der Waals surface area contributed by atoms with Gasteiger partial charge in [-0.1, -0.05) is 30.5 Å². The summed E-state index contributed by atoms with van der Waals surface area (Å²) in [7, 11) is -8.07. The van der Waals surface area contributed by atoms with Crippen LogP contribution in [0.4, 0.5) is 49.7 Å². The molecule has 1 fully saturated rings. The molecule has 348 valence electrons. The average molecular weight is 982 g/mol. The lowest BCUT2D eigenvalue weighted by atomic mass is 9.93. The molecule has 12 nitrogen and oxygen atoms in total. The lowest BCUT2D eigenvalue weighted by molar-refractivity contribution is -0.143. The van der Waals surface area contributed by atoms with Gasteiger partial charge in [0.15, 0.2) is 21.3 Å². The van der Waals surface area contributed by atoms with Crippen molar-refractivity contribution in [2.24, 2.45) is 5.92 Å². The Balaban J connectivity index is 1.46. The number of amides is 1. The van der Waals surface area contributed by atoms with E-state index in [1.165, 1.54) is 39.0 Å². The van der Waals surface area contributed by atoms with Crippen LogP contribution in [0.3, 0.4) is 0 Å². The number of aromatic nitrogens is 5. The molecule has 3 atom stereocenters. The first kappa shape index (κ1) is 47.5. The molecule has 65 heavy (non-hydrogen) atoms. The van der Waals surface area contributed by atoms with E-state index < -0.39 is 126 Å². The lowest BCUT2D eigenvalue weighted by Gasteiger charge is -2.23. The van der Waals surface area contributed by atoms with Gasteiger partial charge in [0.2, 0.25) is 15.9 Å². The lowest BCUT2D eigenvalue weighted by Crippen LogP contribution is -2.35. The summed E-state index contributed by atoms with van der Waals surface area (Å²) in [6.07, 6.45) is -9.52. The van der Waals surface area contributed by atoms with Crippen molar-refractivity contribution < 1.29 is 65.5 Å². The van der Waals surface area contributed by atoms with Gasteiger partial charge in [0.1, 0.15) is 40.9 Å². The van der Waals surface area contributed by atoms with Crippen molar-refractivity contribution in [2.45, 2.75) is 81.2 Å². The van der Waals surface area contributed by atoms with E-state index in [-0.39, 0.29) is 49.6 Å². The van der Waals surface area contributed by atoms with Gasteiger partial charge in [0, 0.05) is 40.3 Å². The Bertz CT molecular complexity index is 3080. The zero-order valence-corrected chi connectivity index (χ0v) is 36.7. The van der Waals surface area contributed by atoms with Crippen LogP contribution in [-0.4, -0.2) is 70.7 Å². The van der Waals surface area contributed by atoms with Crippen molar-refractivity contribution in [3.05, 3.63) is 93.0 Å². The maximum absolute atomic E-state index is 15.7. The molecule has 2 aliphatic rings. The first-order valence-corrected chi connectivity index (χ1v) is 23.1. The monoisotopic (exact) mass is 981 g/mol. The third kappa shape index (κ3) is 9.23. The Labute approximate surface area is 368 Å². The summed E-state index contributed by atoms with van der Waals surface area (Å²) in [5.41, 5.74) is -6.81. The van der Waals surface area contributed by atoms with E-state index >= 15 is 8.78 Å². The summed E-state index contributed by atoms with van der Waals surface area (Å²) in [4.78, 5) is 18.6. The van der Waals surface area contributed by atoms with Gasteiger partial charge in [-0.05, 0) is 68.5 Å². The van der Waals surface area contributed by atoms with Crippen LogP contribution in [0.25, 0.3) is 22.0 Å². The second kappa shape index (κ2) is 15.6. The van der Waals surface area contributed by atoms with Crippen LogP contribution in [0.2, 0.25) is 5.02 Å². The number of anilines is 1. The Morgan fingerprint density at radius 1 is 0.954 bits per heavy atom. The van der Waals surface area contributed by atoms with Crippen LogP contribution in [0.1, 0.15) is 67.1 Å². The molecule has 0 spiro atoms. The topological polar surface area (TPSA) is 158 Å². The van der Waals surface area contributed by atoms with Crippen molar-refractivity contribution in [3.63, 3.8) is 0 Å². The molecular weight excluding hydrogens is 948 g/mol. The molecule has 3 aromatic heterocycles. The molecule has 0 aliphatic heterocycles. The number of benzene rings is 2. The highest BCUT2D eigenvalue weighted by Crippen LogP contribution is 2.72. The predicted octanol–water partition coefficient (Wildman–Crippen LogP) is 7.84. The Morgan fingerprint density at radius 2 is 1.58 bits per heavy atom. The molecule has 25 heteroatoms. The quantitative estimate of drug-likeness (QED) is 0.100. The second-order valence-corrected chi connectivity index (χ2v) is 21.3. The minimum atomic E-state index is -5.21. The fourth-order valence-corrected chi connectivity index (χ4v) is 8.89. The fraction of sp³-hybridized carbons (Fsp3) is 0.400. The molecule has 0 saturated heterocycles. The summed E-state index contributed by atoms with van der Waals surface area (Å²) in [5.74, 6) is -4.36. The van der Waals surface area contributed by atoms with Crippen LogP contribution in [0.5, 0.6) is 0 Å². The highest BCUT2D eigenvalue weighted by molar-refractivity contribution is 7.92. The number of carbonyl (C=O) groups excluding carboxylic acids is 1. The molecule has 2 aromatic carbocycles. The number of hydrogen-bond donors (Lipinski definition) is 2. The smallest absolute Gasteiger partial charge is 0.346 e. The number of nitrogens with one attached hydrogen (secondary N) is 2. The van der Waals surface area contributed by atoms with Crippen molar-refractivity contribution in [1.29, 1.82) is 0 Å². The maximum atomic E-state index is 15.7. The normalized spacial score (nSPS) is 18.7. The van der Waals surface area contributed by atoms with Gasteiger partial charge in [-0.3, -0.25) is 18.9 Å². The molecule has 3 unspecified atom stereocenters. The zero-order valence-electron chi connectivity index (χ0n) is 34.3. The molecule has 7 rings (SSSR count). The number of pyridine rings is 1. The number of alkyl halides is 8. The van der Waals surface area contributed by atoms with Crippen molar-refractivity contribution >= 4 is 54.1 Å². The standard InChI is InChI=1S/C40H34ClF10N7O5S2/c1-36(2,64(4,60)61)11-10-22-6-7-23(24-8-9-25(41)29-32(24)58(18-38(44,45)46)55-35(29)56-65(5,62)63)31(52-22)26(14-19-12-20(42)15-21(43)13-19)53-28(59)17-57-34-30(33(54-57)40(49,50)51)37(3)16-27(37)39(34,47)48/h6-9,12-13,15,26-27H,14,16-18H2,1-5H3,(H,53,59)(H,55,56). The molecule has 0 bridgehead atoms. The van der Waals surface area contributed by atoms with E-state index in [2.05, 4.69) is 32.3 Å². The van der Waals surface area contributed by atoms with Gasteiger partial charge in [0.25, 0.3) is 5.92 Å². The van der Waals surface area contributed by atoms with Gasteiger partial charge in [-0.25, -0.2) is 30.6 Å². The molecule has 0 radical (unpaired) electrons. The number of hydrogen-bond acceptors (Lipinski definition) is 8. The summed E-state index contributed by atoms with van der Waals surface area (Å²) in [5, 5.41) is 9.07. The van der Waals surface area contributed by atoms with Gasteiger partial charge in [0.05, 0.1) is 33.9 Å². The third-order valence-corrected chi connectivity index (χ3v) is 14.0. The molecule has 5 aromatic rings. The van der Waals surface area contributed by atoms with Gasteiger partial charge in [-0.15, -0.1) is 0 Å². The Kier molecular flexibility index (Phi) is 11.4. The number of sulfone groups is 1. The molecule has 3 heterocycles. The molecule has 1 amide bonds. The highest BCUT2D eigenvalue weighted by Gasteiger charge is 2.75. The first-order chi connectivity index (χ1) is 29.7. The fourth-order valence-electron chi connectivity index (χ4n) is 7.92. The van der Waals surface area contributed by atoms with Gasteiger partial charge in [-0.2, -0.15) is 45.3 Å². The molecule has 1 saturated carbocycles. The summed E-state index contributed by atoms with van der Waals surface area (Å²) >= 11 is 6.46. The van der Waals surface area contributed by atoms with Crippen LogP contribution in [-0.2, 0) is 61.7 Å². The summed E-state index contributed by atoms with van der Waals surface area (Å²) < 4.78 is 197. The van der Waals surface area contributed by atoms with Crippen LogP contribution in [0, 0.1) is 29.4 Å². The number of rotatable bonds is 11. The maximum Gasteiger partial charge on any atom is 0.435 e. The average Bonchev–Trinajstić information content (AvgIpc) is 3.42. The molecule has 2 N–H and O–H groups in total. The van der Waals surface area contributed by atoms with E-state index in [1.54, 1.807) is 0 Å². The van der Waals surface area contributed by atoms with Gasteiger partial charge < -0.3 is 5.32 Å². The predicted molar refractivity (Wildman–Crippen MR) is 216 cm³/mol. The van der Waals surface area contributed by atoms with Gasteiger partial charge >= 0.3 is 12.4 Å². The summed E-state index contributed by atoms with van der Waals surface area (Å²) in [6, 6.07) is 5.24. The van der Waals surface area contributed by atoms with Crippen molar-refractivity contribution in [2.75, 3.05) is 17.2 Å². The largest absolute Gasteiger partial charge is 0.435 e. The number of nitrogens with zero attached hydrogens (tertiary/aromatic N) is 5. The SMILES string of the molecule is CC12CC1C(F)(F)c1c2c(C(F)(F)F)nn1CC(=O)NC(Cc1cc(F)cc(F)c1)c1nc(C#CC(C)(C)S(C)(=O)=O)ccc1-c1ccc(Cl)c2c(NS(C)(=O)=O)nn(CC(F)(F)F)c12. The van der Waals surface area contributed by atoms with E-state index in [1.807, 2.05) is 4.72 Å². The van der Waals surface area contributed by atoms with E-state index in [4.69, 9.17) is 11.6 Å². The minimum absolute atomic E-state index is 0.197. The Hall–Kier alpha value is -5.41. The number of carbonyl (C=O) groups is 1. The van der Waals surface area contributed by atoms with Crippen LogP contribution in [0.15, 0.2) is 42.5 Å². The zero-order chi connectivity index (χ0) is 48.2. The van der Waals surface area contributed by atoms with Crippen LogP contribution < -0.4 is 10.0 Å². The number of fused-ring (bicyclic) bond motifs is 4. The van der Waals surface area contributed by atoms with E-state index in [0.29, 0.717) is 17.0 Å².